The summed E-state index contributed by atoms with van der Waals surface area (Å²) in [4.78, 5) is 13.8. The summed E-state index contributed by atoms with van der Waals surface area (Å²) in [7, 11) is 1.85. The second-order valence-corrected chi connectivity index (χ2v) is 5.80. The van der Waals surface area contributed by atoms with Crippen LogP contribution in [0.3, 0.4) is 0 Å². The van der Waals surface area contributed by atoms with Gasteiger partial charge in [0.15, 0.2) is 0 Å². The van der Waals surface area contributed by atoms with E-state index in [1.807, 2.05) is 18.8 Å². The van der Waals surface area contributed by atoms with E-state index in [0.717, 1.165) is 18.6 Å². The SMILES string of the molecule is CSCCC(C)N(C)C(=O)C(N)CC(C)C. The monoisotopic (exact) mass is 246 g/mol. The van der Waals surface area contributed by atoms with Crippen molar-refractivity contribution < 1.29 is 4.79 Å². The molecule has 0 aliphatic carbocycles. The predicted molar refractivity (Wildman–Crippen MR) is 72.7 cm³/mol. The maximum Gasteiger partial charge on any atom is 0.239 e. The summed E-state index contributed by atoms with van der Waals surface area (Å²) >= 11 is 1.81. The minimum absolute atomic E-state index is 0.0716. The Kier molecular flexibility index (Phi) is 7.85. The smallest absolute Gasteiger partial charge is 0.239 e. The van der Waals surface area contributed by atoms with Crippen molar-refractivity contribution in [1.29, 1.82) is 0 Å². The van der Waals surface area contributed by atoms with Gasteiger partial charge in [0.1, 0.15) is 0 Å². The fourth-order valence-corrected chi connectivity index (χ4v) is 2.15. The summed E-state index contributed by atoms with van der Waals surface area (Å²) in [6, 6.07) is -0.0695. The summed E-state index contributed by atoms with van der Waals surface area (Å²) in [5.74, 6) is 1.62. The van der Waals surface area contributed by atoms with E-state index < -0.39 is 0 Å². The lowest BCUT2D eigenvalue weighted by Crippen LogP contribution is -2.46. The molecule has 0 aromatic rings. The fraction of sp³-hybridized carbons (Fsp3) is 0.917. The Morgan fingerprint density at radius 1 is 1.38 bits per heavy atom. The van der Waals surface area contributed by atoms with Crippen molar-refractivity contribution in [3.63, 3.8) is 0 Å². The predicted octanol–water partition coefficient (Wildman–Crippen LogP) is 1.96. The molecule has 2 unspecified atom stereocenters. The van der Waals surface area contributed by atoms with E-state index in [1.165, 1.54) is 0 Å². The Labute approximate surface area is 104 Å². The number of thioether (sulfide) groups is 1. The Morgan fingerprint density at radius 3 is 2.38 bits per heavy atom. The Bertz CT molecular complexity index is 209. The van der Waals surface area contributed by atoms with E-state index in [9.17, 15) is 4.79 Å². The summed E-state index contributed by atoms with van der Waals surface area (Å²) in [5.41, 5.74) is 5.89. The van der Waals surface area contributed by atoms with E-state index >= 15 is 0 Å². The second kappa shape index (κ2) is 7.96. The molecule has 0 aromatic carbocycles. The van der Waals surface area contributed by atoms with Gasteiger partial charge in [0.2, 0.25) is 5.91 Å². The number of rotatable bonds is 7. The topological polar surface area (TPSA) is 46.3 Å². The minimum Gasteiger partial charge on any atom is -0.342 e. The van der Waals surface area contributed by atoms with Crippen LogP contribution in [0.5, 0.6) is 0 Å². The molecule has 2 N–H and O–H groups in total. The number of carbonyl (C=O) groups is 1. The first-order valence-corrected chi connectivity index (χ1v) is 7.30. The molecular weight excluding hydrogens is 220 g/mol. The number of hydrogen-bond acceptors (Lipinski definition) is 3. The van der Waals surface area contributed by atoms with E-state index in [2.05, 4.69) is 27.0 Å². The molecule has 0 rings (SSSR count). The van der Waals surface area contributed by atoms with Crippen molar-refractivity contribution in [2.45, 2.75) is 45.7 Å². The Balaban J connectivity index is 4.14. The van der Waals surface area contributed by atoms with Crippen molar-refractivity contribution in [3.8, 4) is 0 Å². The highest BCUT2D eigenvalue weighted by Crippen LogP contribution is 2.10. The Morgan fingerprint density at radius 2 is 1.94 bits per heavy atom. The number of nitrogens with two attached hydrogens (primary N) is 1. The average molecular weight is 246 g/mol. The van der Waals surface area contributed by atoms with Crippen LogP contribution in [0.25, 0.3) is 0 Å². The highest BCUT2D eigenvalue weighted by atomic mass is 32.2. The molecule has 0 saturated carbocycles. The molecule has 3 nitrogen and oxygen atoms in total. The zero-order valence-electron chi connectivity index (χ0n) is 11.2. The number of carbonyl (C=O) groups excluding carboxylic acids is 1. The fourth-order valence-electron chi connectivity index (χ4n) is 1.57. The van der Waals surface area contributed by atoms with Gasteiger partial charge in [-0.1, -0.05) is 13.8 Å². The van der Waals surface area contributed by atoms with Crippen molar-refractivity contribution in [2.24, 2.45) is 11.7 Å². The maximum absolute atomic E-state index is 12.0. The van der Waals surface area contributed by atoms with Crippen LogP contribution in [0, 0.1) is 5.92 Å². The van der Waals surface area contributed by atoms with Gasteiger partial charge in [-0.25, -0.2) is 0 Å². The second-order valence-electron chi connectivity index (χ2n) is 4.82. The van der Waals surface area contributed by atoms with Crippen LogP contribution in [0.2, 0.25) is 0 Å². The molecule has 0 aliphatic heterocycles. The van der Waals surface area contributed by atoms with Gasteiger partial charge in [0, 0.05) is 13.1 Å². The van der Waals surface area contributed by atoms with Crippen LogP contribution in [0.15, 0.2) is 0 Å². The maximum atomic E-state index is 12.0. The van der Waals surface area contributed by atoms with Gasteiger partial charge in [-0.2, -0.15) is 11.8 Å². The normalized spacial score (nSPS) is 14.9. The highest BCUT2D eigenvalue weighted by Gasteiger charge is 2.22. The first kappa shape index (κ1) is 15.8. The van der Waals surface area contributed by atoms with E-state index in [0.29, 0.717) is 5.92 Å². The zero-order chi connectivity index (χ0) is 12.7. The zero-order valence-corrected chi connectivity index (χ0v) is 12.0. The van der Waals surface area contributed by atoms with Crippen LogP contribution < -0.4 is 5.73 Å². The molecule has 0 aromatic heterocycles. The summed E-state index contributed by atoms with van der Waals surface area (Å²) in [5, 5.41) is 0. The van der Waals surface area contributed by atoms with Crippen LogP contribution in [0.1, 0.15) is 33.6 Å². The van der Waals surface area contributed by atoms with Gasteiger partial charge in [0.05, 0.1) is 6.04 Å². The van der Waals surface area contributed by atoms with Crippen molar-refractivity contribution in [3.05, 3.63) is 0 Å². The average Bonchev–Trinajstić information content (AvgIpc) is 2.22. The van der Waals surface area contributed by atoms with Gasteiger partial charge in [0.25, 0.3) is 0 Å². The summed E-state index contributed by atoms with van der Waals surface area (Å²) < 4.78 is 0. The largest absolute Gasteiger partial charge is 0.342 e. The molecule has 0 spiro atoms. The summed E-state index contributed by atoms with van der Waals surface area (Å²) in [6.45, 7) is 6.25. The van der Waals surface area contributed by atoms with Crippen LogP contribution in [-0.2, 0) is 4.79 Å². The lowest BCUT2D eigenvalue weighted by Gasteiger charge is -2.28. The molecule has 0 saturated heterocycles. The number of nitrogens with zero attached hydrogens (tertiary/aromatic N) is 1. The molecular formula is C12H26N2OS. The molecule has 0 heterocycles. The van der Waals surface area contributed by atoms with Gasteiger partial charge in [-0.3, -0.25) is 4.79 Å². The van der Waals surface area contributed by atoms with Crippen molar-refractivity contribution >= 4 is 17.7 Å². The molecule has 0 aliphatic rings. The number of likely N-dealkylation sites (N-methyl/N-ethyl adjacent to an activating group) is 1. The van der Waals surface area contributed by atoms with Crippen molar-refractivity contribution in [2.75, 3.05) is 19.1 Å². The third kappa shape index (κ3) is 5.75. The lowest BCUT2D eigenvalue weighted by atomic mass is 10.0. The van der Waals surface area contributed by atoms with E-state index in [-0.39, 0.29) is 18.0 Å². The minimum atomic E-state index is -0.346. The molecule has 0 fully saturated rings. The standard InChI is InChI=1S/C12H26N2OS/c1-9(2)8-11(13)12(15)14(4)10(3)6-7-16-5/h9-11H,6-8,13H2,1-5H3. The first-order valence-electron chi connectivity index (χ1n) is 5.91. The van der Waals surface area contributed by atoms with Crippen LogP contribution >= 0.6 is 11.8 Å². The van der Waals surface area contributed by atoms with E-state index in [4.69, 9.17) is 5.73 Å². The number of hydrogen-bond donors (Lipinski definition) is 1. The lowest BCUT2D eigenvalue weighted by molar-refractivity contribution is -0.133. The summed E-state index contributed by atoms with van der Waals surface area (Å²) in [6.07, 6.45) is 3.87. The molecule has 0 bridgehead atoms. The van der Waals surface area contributed by atoms with Gasteiger partial charge >= 0.3 is 0 Å². The van der Waals surface area contributed by atoms with Gasteiger partial charge in [-0.15, -0.1) is 0 Å². The van der Waals surface area contributed by atoms with Crippen LogP contribution in [-0.4, -0.2) is 41.9 Å². The molecule has 1 amide bonds. The molecule has 4 heteroatoms. The molecule has 0 radical (unpaired) electrons. The molecule has 96 valence electrons. The van der Waals surface area contributed by atoms with Crippen LogP contribution in [0.4, 0.5) is 0 Å². The van der Waals surface area contributed by atoms with E-state index in [1.54, 1.807) is 4.90 Å². The van der Waals surface area contributed by atoms with Gasteiger partial charge in [-0.05, 0) is 37.7 Å². The first-order chi connectivity index (χ1) is 7.40. The third-order valence-electron chi connectivity index (χ3n) is 2.79. The third-order valence-corrected chi connectivity index (χ3v) is 3.44. The molecule has 16 heavy (non-hydrogen) atoms. The van der Waals surface area contributed by atoms with Gasteiger partial charge < -0.3 is 10.6 Å². The van der Waals surface area contributed by atoms with Crippen molar-refractivity contribution in [1.82, 2.24) is 4.90 Å². The highest BCUT2D eigenvalue weighted by molar-refractivity contribution is 7.98. The quantitative estimate of drug-likeness (QED) is 0.747. The number of amides is 1. The Hall–Kier alpha value is -0.220. The molecule has 2 atom stereocenters.